The Balaban J connectivity index is 3.13. The van der Waals surface area contributed by atoms with Crippen molar-refractivity contribution in [2.75, 3.05) is 0 Å². The molecular formula is C17H17ClF2O. The van der Waals surface area contributed by atoms with Gasteiger partial charge in [-0.15, -0.1) is 11.6 Å². The summed E-state index contributed by atoms with van der Waals surface area (Å²) in [6.07, 6.45) is 10.1. The zero-order valence-corrected chi connectivity index (χ0v) is 12.5. The number of aldehydes is 1. The topological polar surface area (TPSA) is 17.1 Å². The average molecular weight is 311 g/mol. The molecule has 0 aliphatic heterocycles. The molecule has 21 heavy (non-hydrogen) atoms. The highest BCUT2D eigenvalue weighted by Crippen LogP contribution is 2.26. The fourth-order valence-corrected chi connectivity index (χ4v) is 2.00. The van der Waals surface area contributed by atoms with Gasteiger partial charge < -0.3 is 0 Å². The van der Waals surface area contributed by atoms with Crippen molar-refractivity contribution in [1.29, 1.82) is 0 Å². The van der Waals surface area contributed by atoms with Crippen molar-refractivity contribution in [3.8, 4) is 0 Å². The van der Waals surface area contributed by atoms with E-state index in [0.29, 0.717) is 19.1 Å². The smallest absolute Gasteiger partial charge is 0.150 e. The van der Waals surface area contributed by atoms with Gasteiger partial charge in [-0.05, 0) is 38.0 Å². The first kappa shape index (κ1) is 17.3. The van der Waals surface area contributed by atoms with Gasteiger partial charge in [0.25, 0.3) is 0 Å². The number of rotatable bonds is 5. The number of hydrogen-bond acceptors (Lipinski definition) is 1. The molecule has 1 aliphatic rings. The van der Waals surface area contributed by atoms with E-state index in [2.05, 4.69) is 6.58 Å². The fraction of sp³-hybridized carbons (Fsp3) is 0.235. The average Bonchev–Trinajstić information content (AvgIpc) is 2.62. The first-order chi connectivity index (χ1) is 9.99. The highest BCUT2D eigenvalue weighted by atomic mass is 35.5. The molecule has 0 radical (unpaired) electrons. The van der Waals surface area contributed by atoms with Gasteiger partial charge >= 0.3 is 0 Å². The molecule has 1 unspecified atom stereocenters. The second-order valence-corrected chi connectivity index (χ2v) is 5.06. The summed E-state index contributed by atoms with van der Waals surface area (Å²) >= 11 is 6.01. The van der Waals surface area contributed by atoms with Crippen LogP contribution in [0.2, 0.25) is 0 Å². The molecule has 0 amide bonds. The molecule has 0 fully saturated rings. The van der Waals surface area contributed by atoms with Crippen LogP contribution >= 0.6 is 11.6 Å². The lowest BCUT2D eigenvalue weighted by Crippen LogP contribution is -1.95. The lowest BCUT2D eigenvalue weighted by atomic mass is 10.0. The Morgan fingerprint density at radius 2 is 2.24 bits per heavy atom. The van der Waals surface area contributed by atoms with Crippen LogP contribution in [-0.2, 0) is 4.79 Å². The van der Waals surface area contributed by atoms with E-state index in [9.17, 15) is 13.6 Å². The van der Waals surface area contributed by atoms with E-state index in [-0.39, 0.29) is 22.1 Å². The second-order valence-electron chi connectivity index (χ2n) is 4.50. The van der Waals surface area contributed by atoms with E-state index in [1.807, 2.05) is 0 Å². The summed E-state index contributed by atoms with van der Waals surface area (Å²) in [4.78, 5) is 11.1. The van der Waals surface area contributed by atoms with Crippen LogP contribution in [0, 0.1) is 0 Å². The van der Waals surface area contributed by atoms with E-state index in [4.69, 9.17) is 11.6 Å². The maximum absolute atomic E-state index is 13.9. The van der Waals surface area contributed by atoms with Crippen LogP contribution < -0.4 is 0 Å². The summed E-state index contributed by atoms with van der Waals surface area (Å²) in [6, 6.07) is 0. The monoisotopic (exact) mass is 310 g/mol. The number of alkyl halides is 1. The van der Waals surface area contributed by atoms with E-state index >= 15 is 0 Å². The quantitative estimate of drug-likeness (QED) is 0.292. The summed E-state index contributed by atoms with van der Waals surface area (Å²) in [5.41, 5.74) is 0.0653. The number of allylic oxidation sites excluding steroid dienone is 11. The molecule has 0 heterocycles. The Hall–Kier alpha value is -1.74. The molecule has 0 saturated heterocycles. The van der Waals surface area contributed by atoms with E-state index in [0.717, 1.165) is 0 Å². The molecular weight excluding hydrogens is 294 g/mol. The van der Waals surface area contributed by atoms with Gasteiger partial charge in [-0.1, -0.05) is 24.8 Å². The molecule has 0 N–H and O–H groups in total. The number of carbonyl (C=O) groups excluding carboxylic acids is 1. The molecule has 0 aromatic rings. The third-order valence-corrected chi connectivity index (χ3v) is 3.26. The van der Waals surface area contributed by atoms with E-state index in [1.54, 1.807) is 13.0 Å². The number of carbonyl (C=O) groups is 1. The first-order valence-electron chi connectivity index (χ1n) is 6.56. The van der Waals surface area contributed by atoms with Crippen molar-refractivity contribution in [2.45, 2.75) is 25.1 Å². The zero-order chi connectivity index (χ0) is 15.8. The van der Waals surface area contributed by atoms with Gasteiger partial charge in [-0.2, -0.15) is 0 Å². The largest absolute Gasteiger partial charge is 0.298 e. The summed E-state index contributed by atoms with van der Waals surface area (Å²) < 4.78 is 27.7. The maximum atomic E-state index is 13.9. The second kappa shape index (κ2) is 8.53. The summed E-state index contributed by atoms with van der Waals surface area (Å²) in [6.45, 7) is 5.27. The van der Waals surface area contributed by atoms with Crippen LogP contribution in [0.5, 0.6) is 0 Å². The van der Waals surface area contributed by atoms with Crippen molar-refractivity contribution in [3.05, 3.63) is 71.4 Å². The van der Waals surface area contributed by atoms with Crippen LogP contribution in [-0.4, -0.2) is 11.7 Å². The van der Waals surface area contributed by atoms with Gasteiger partial charge in [-0.25, -0.2) is 8.78 Å². The normalized spacial score (nSPS) is 20.9. The predicted molar refractivity (Wildman–Crippen MR) is 83.4 cm³/mol. The third-order valence-electron chi connectivity index (χ3n) is 2.91. The minimum Gasteiger partial charge on any atom is -0.298 e. The highest BCUT2D eigenvalue weighted by molar-refractivity contribution is 6.21. The Bertz CT molecular complexity index is 565. The molecule has 0 saturated carbocycles. The van der Waals surface area contributed by atoms with Crippen molar-refractivity contribution in [3.63, 3.8) is 0 Å². The molecule has 1 atom stereocenters. The fourth-order valence-electron chi connectivity index (χ4n) is 1.74. The van der Waals surface area contributed by atoms with Gasteiger partial charge in [0, 0.05) is 16.7 Å². The van der Waals surface area contributed by atoms with E-state index < -0.39 is 11.7 Å². The van der Waals surface area contributed by atoms with E-state index in [1.165, 1.54) is 30.4 Å². The molecule has 1 aliphatic carbocycles. The lowest BCUT2D eigenvalue weighted by molar-refractivity contribution is -0.104. The van der Waals surface area contributed by atoms with Crippen LogP contribution in [0.25, 0.3) is 0 Å². The lowest BCUT2D eigenvalue weighted by Gasteiger charge is -2.05. The Labute approximate surface area is 128 Å². The third kappa shape index (κ3) is 5.27. The SMILES string of the molecule is C=C(/C(F)=C\C=C/C)/C(C=O)=C\C1=CC(Cl)CCC=C1F. The van der Waals surface area contributed by atoms with Crippen molar-refractivity contribution < 1.29 is 13.6 Å². The summed E-state index contributed by atoms with van der Waals surface area (Å²) in [5, 5.41) is -0.328. The minimum absolute atomic E-state index is 0.0196. The molecule has 0 spiro atoms. The van der Waals surface area contributed by atoms with Crippen molar-refractivity contribution in [1.82, 2.24) is 0 Å². The first-order valence-corrected chi connectivity index (χ1v) is 7.00. The summed E-state index contributed by atoms with van der Waals surface area (Å²) in [7, 11) is 0. The Kier molecular flexibility index (Phi) is 7.03. The van der Waals surface area contributed by atoms with Crippen LogP contribution in [0.4, 0.5) is 8.78 Å². The van der Waals surface area contributed by atoms with Gasteiger partial charge in [-0.3, -0.25) is 4.79 Å². The van der Waals surface area contributed by atoms with Crippen LogP contribution in [0.1, 0.15) is 19.8 Å². The number of halogens is 3. The zero-order valence-electron chi connectivity index (χ0n) is 11.8. The van der Waals surface area contributed by atoms with Gasteiger partial charge in [0.1, 0.15) is 11.7 Å². The molecule has 1 rings (SSSR count). The summed E-state index contributed by atoms with van der Waals surface area (Å²) in [5.74, 6) is -1.12. The maximum Gasteiger partial charge on any atom is 0.150 e. The molecule has 0 bridgehead atoms. The molecule has 112 valence electrons. The van der Waals surface area contributed by atoms with Crippen molar-refractivity contribution >= 4 is 17.9 Å². The Morgan fingerprint density at radius 3 is 2.86 bits per heavy atom. The minimum atomic E-state index is -0.646. The van der Waals surface area contributed by atoms with Crippen molar-refractivity contribution in [2.24, 2.45) is 0 Å². The van der Waals surface area contributed by atoms with Gasteiger partial charge in [0.05, 0.1) is 5.38 Å². The van der Waals surface area contributed by atoms with Gasteiger partial charge in [0.15, 0.2) is 6.29 Å². The van der Waals surface area contributed by atoms with Crippen LogP contribution in [0.15, 0.2) is 71.4 Å². The standard InChI is InChI=1S/C17H17ClF2O/c1-3-4-7-16(19)12(2)14(11-21)9-13-10-15(18)6-5-8-17(13)20/h3-4,7-11,15H,2,5-6H2,1H3/b4-3-,14-9-,16-7+. The highest BCUT2D eigenvalue weighted by Gasteiger charge is 2.14. The molecule has 1 nitrogen and oxygen atoms in total. The molecule has 4 heteroatoms. The predicted octanol–water partition coefficient (Wildman–Crippen LogP) is 5.28. The van der Waals surface area contributed by atoms with Crippen LogP contribution in [0.3, 0.4) is 0 Å². The molecule has 0 aromatic carbocycles. The Morgan fingerprint density at radius 1 is 1.52 bits per heavy atom. The molecule has 0 aromatic heterocycles. The van der Waals surface area contributed by atoms with Gasteiger partial charge in [0.2, 0.25) is 0 Å². The number of hydrogen-bond donors (Lipinski definition) is 0.